The molecule has 9 nitrogen and oxygen atoms in total. The third kappa shape index (κ3) is 7.98. The highest BCUT2D eigenvalue weighted by molar-refractivity contribution is 6.00. The van der Waals surface area contributed by atoms with Gasteiger partial charge in [-0.25, -0.2) is 8.78 Å². The zero-order valence-electron chi connectivity index (χ0n) is 25.4. The number of aryl methyl sites for hydroxylation is 2. The van der Waals surface area contributed by atoms with Gasteiger partial charge in [0, 0.05) is 77.5 Å². The first-order valence-electron chi connectivity index (χ1n) is 14.9. The molecule has 0 saturated carbocycles. The lowest BCUT2D eigenvalue weighted by atomic mass is 10.0. The predicted octanol–water partition coefficient (Wildman–Crippen LogP) is 4.54. The van der Waals surface area contributed by atoms with Crippen LogP contribution >= 0.6 is 0 Å². The fourth-order valence-corrected chi connectivity index (χ4v) is 5.69. The van der Waals surface area contributed by atoms with Gasteiger partial charge in [-0.05, 0) is 60.0 Å². The van der Waals surface area contributed by atoms with Gasteiger partial charge in [0.05, 0.1) is 35.9 Å². The molecule has 0 aliphatic carbocycles. The largest absolute Gasteiger partial charge is 0.379 e. The first kappa shape index (κ1) is 31.9. The van der Waals surface area contributed by atoms with E-state index < -0.39 is 17.4 Å². The number of Topliss-reactive ketones (excluding diaryl/α,β-unsaturated/α-hetero) is 4. The fourth-order valence-electron chi connectivity index (χ4n) is 5.69. The van der Waals surface area contributed by atoms with Crippen molar-refractivity contribution < 1.29 is 32.7 Å². The lowest BCUT2D eigenvalue weighted by molar-refractivity contribution is 0.0371. The van der Waals surface area contributed by atoms with Crippen LogP contribution in [-0.2, 0) is 38.1 Å². The summed E-state index contributed by atoms with van der Waals surface area (Å²) >= 11 is 0. The number of carbonyl (C=O) groups excluding carboxylic acids is 4. The molecule has 0 spiro atoms. The van der Waals surface area contributed by atoms with Gasteiger partial charge < -0.3 is 18.9 Å². The van der Waals surface area contributed by atoms with E-state index in [1.165, 1.54) is 0 Å². The normalized spacial score (nSPS) is 13.7. The second-order valence-corrected chi connectivity index (χ2v) is 11.5. The third-order valence-electron chi connectivity index (χ3n) is 8.05. The molecule has 236 valence electrons. The molecule has 4 aromatic rings. The van der Waals surface area contributed by atoms with Gasteiger partial charge in [0.25, 0.3) is 0 Å². The first-order valence-corrected chi connectivity index (χ1v) is 14.9. The number of morpholine rings is 1. The van der Waals surface area contributed by atoms with E-state index in [2.05, 4.69) is 9.88 Å². The Hall–Kier alpha value is -4.48. The standard InChI is InChI=1S/C34H36F2N4O5/c1-38-20-23(16-32(42)26-6-5-25(35)18-27(26)36)13-30(38)34(44)17-24-14-29(39(2)21-24)33(43)15-22-12-28(37-19-22)31(41)4-3-7-40-8-10-45-11-9-40/h5-6,12-14,18-21,37H,3-4,7-11,15-17H2,1-2H3. The summed E-state index contributed by atoms with van der Waals surface area (Å²) in [5.74, 6) is -2.56. The van der Waals surface area contributed by atoms with Crippen LogP contribution in [-0.4, -0.2) is 75.0 Å². The summed E-state index contributed by atoms with van der Waals surface area (Å²) in [6.45, 7) is 4.07. The average Bonchev–Trinajstić information content (AvgIpc) is 3.71. The van der Waals surface area contributed by atoms with E-state index in [1.54, 1.807) is 60.0 Å². The van der Waals surface area contributed by atoms with E-state index in [-0.39, 0.29) is 42.2 Å². The molecule has 1 aliphatic heterocycles. The summed E-state index contributed by atoms with van der Waals surface area (Å²) in [5.41, 5.74) is 2.98. The van der Waals surface area contributed by atoms with Crippen molar-refractivity contribution in [2.45, 2.75) is 32.1 Å². The molecule has 1 saturated heterocycles. The molecule has 3 aromatic heterocycles. The van der Waals surface area contributed by atoms with Crippen LogP contribution in [0.25, 0.3) is 0 Å². The molecule has 1 aromatic carbocycles. The number of aromatic nitrogens is 3. The zero-order chi connectivity index (χ0) is 32.1. The molecule has 1 N–H and O–H groups in total. The van der Waals surface area contributed by atoms with Crippen molar-refractivity contribution in [1.29, 1.82) is 0 Å². The number of aromatic amines is 1. The molecule has 1 aliphatic rings. The highest BCUT2D eigenvalue weighted by Gasteiger charge is 2.20. The SMILES string of the molecule is Cn1cc(CC(=O)c2ccc(F)cc2F)cc1C(=O)Cc1cc(C(=O)Cc2c[nH]c(C(=O)CCCN3CCOCC3)c2)n(C)c1. The van der Waals surface area contributed by atoms with Gasteiger partial charge in [0.1, 0.15) is 11.6 Å². The number of ketones is 4. The summed E-state index contributed by atoms with van der Waals surface area (Å²) in [7, 11) is 3.42. The summed E-state index contributed by atoms with van der Waals surface area (Å²) in [6, 6.07) is 7.81. The van der Waals surface area contributed by atoms with Crippen LogP contribution in [0.2, 0.25) is 0 Å². The van der Waals surface area contributed by atoms with E-state index in [1.807, 2.05) is 0 Å². The molecule has 5 rings (SSSR count). The van der Waals surface area contributed by atoms with Crippen LogP contribution in [0.4, 0.5) is 8.78 Å². The number of nitrogens with one attached hydrogen (secondary N) is 1. The second kappa shape index (κ2) is 14.1. The van der Waals surface area contributed by atoms with Crippen LogP contribution in [0.3, 0.4) is 0 Å². The highest BCUT2D eigenvalue weighted by Crippen LogP contribution is 2.19. The van der Waals surface area contributed by atoms with Crippen molar-refractivity contribution >= 4 is 23.1 Å². The van der Waals surface area contributed by atoms with E-state index >= 15 is 0 Å². The number of nitrogens with zero attached hydrogens (tertiary/aromatic N) is 3. The number of hydrogen-bond acceptors (Lipinski definition) is 6. The molecule has 0 atom stereocenters. The molecule has 0 radical (unpaired) electrons. The van der Waals surface area contributed by atoms with Gasteiger partial charge in [0.2, 0.25) is 0 Å². The minimum absolute atomic E-state index is 0.0115. The van der Waals surface area contributed by atoms with Gasteiger partial charge in [-0.3, -0.25) is 24.1 Å². The summed E-state index contributed by atoms with van der Waals surface area (Å²) in [6.07, 6.45) is 6.22. The van der Waals surface area contributed by atoms with Gasteiger partial charge in [-0.1, -0.05) is 0 Å². The molecule has 0 amide bonds. The summed E-state index contributed by atoms with van der Waals surface area (Å²) in [5, 5.41) is 0. The Morgan fingerprint density at radius 3 is 2.00 bits per heavy atom. The van der Waals surface area contributed by atoms with Crippen molar-refractivity contribution in [3.05, 3.63) is 106 Å². The minimum Gasteiger partial charge on any atom is -0.379 e. The predicted molar refractivity (Wildman–Crippen MR) is 163 cm³/mol. The molecular formula is C34H36F2N4O5. The van der Waals surface area contributed by atoms with Gasteiger partial charge in [-0.15, -0.1) is 0 Å². The Bertz CT molecular complexity index is 1730. The van der Waals surface area contributed by atoms with Crippen LogP contribution in [0.1, 0.15) is 71.4 Å². The maximum atomic E-state index is 14.0. The summed E-state index contributed by atoms with van der Waals surface area (Å²) < 4.78 is 35.9. The maximum Gasteiger partial charge on any atom is 0.183 e. The molecule has 1 fully saturated rings. The van der Waals surface area contributed by atoms with Crippen LogP contribution in [0.5, 0.6) is 0 Å². The smallest absolute Gasteiger partial charge is 0.183 e. The number of halogens is 2. The lowest BCUT2D eigenvalue weighted by Crippen LogP contribution is -2.36. The third-order valence-corrected chi connectivity index (χ3v) is 8.05. The number of ether oxygens (including phenoxy) is 1. The Morgan fingerprint density at radius 2 is 1.38 bits per heavy atom. The number of benzene rings is 1. The fraction of sp³-hybridized carbons (Fsp3) is 0.353. The van der Waals surface area contributed by atoms with Crippen molar-refractivity contribution in [2.24, 2.45) is 14.1 Å². The van der Waals surface area contributed by atoms with Gasteiger partial charge >= 0.3 is 0 Å². The van der Waals surface area contributed by atoms with Gasteiger partial charge in [-0.2, -0.15) is 0 Å². The van der Waals surface area contributed by atoms with Crippen molar-refractivity contribution in [2.75, 3.05) is 32.8 Å². The van der Waals surface area contributed by atoms with Gasteiger partial charge in [0.15, 0.2) is 23.1 Å². The monoisotopic (exact) mass is 618 g/mol. The lowest BCUT2D eigenvalue weighted by Gasteiger charge is -2.26. The Morgan fingerprint density at radius 1 is 0.778 bits per heavy atom. The van der Waals surface area contributed by atoms with Crippen molar-refractivity contribution in [3.8, 4) is 0 Å². The molecule has 11 heteroatoms. The number of hydrogen-bond donors (Lipinski definition) is 1. The minimum atomic E-state index is -0.929. The van der Waals surface area contributed by atoms with E-state index in [9.17, 15) is 28.0 Å². The van der Waals surface area contributed by atoms with Crippen LogP contribution in [0, 0.1) is 11.6 Å². The quantitative estimate of drug-likeness (QED) is 0.208. The number of carbonyl (C=O) groups is 4. The number of rotatable bonds is 14. The summed E-state index contributed by atoms with van der Waals surface area (Å²) in [4.78, 5) is 56.8. The Labute approximate surface area is 259 Å². The Balaban J connectivity index is 1.15. The first-order chi connectivity index (χ1) is 21.6. The number of H-pyrrole nitrogens is 1. The maximum absolute atomic E-state index is 14.0. The second-order valence-electron chi connectivity index (χ2n) is 11.5. The molecule has 0 bridgehead atoms. The van der Waals surface area contributed by atoms with E-state index in [0.717, 1.165) is 51.4 Å². The topological polar surface area (TPSA) is 106 Å². The van der Waals surface area contributed by atoms with Crippen molar-refractivity contribution in [3.63, 3.8) is 0 Å². The van der Waals surface area contributed by atoms with Crippen LogP contribution in [0.15, 0.2) is 55.0 Å². The van der Waals surface area contributed by atoms with E-state index in [4.69, 9.17) is 4.74 Å². The molecule has 4 heterocycles. The molecule has 0 unspecified atom stereocenters. The van der Waals surface area contributed by atoms with Crippen molar-refractivity contribution in [1.82, 2.24) is 19.0 Å². The van der Waals surface area contributed by atoms with E-state index in [0.29, 0.717) is 46.3 Å². The van der Waals surface area contributed by atoms with Crippen LogP contribution < -0.4 is 0 Å². The highest BCUT2D eigenvalue weighted by atomic mass is 19.1. The Kier molecular flexibility index (Phi) is 9.99. The average molecular weight is 619 g/mol. The zero-order valence-corrected chi connectivity index (χ0v) is 25.4. The molecular weight excluding hydrogens is 582 g/mol. The molecule has 45 heavy (non-hydrogen) atoms.